The lowest BCUT2D eigenvalue weighted by Gasteiger charge is -2.04. The molecule has 0 aromatic heterocycles. The molecule has 0 unspecified atom stereocenters. The number of hydrazone groups is 1. The second kappa shape index (κ2) is 7.40. The van der Waals surface area contributed by atoms with Crippen molar-refractivity contribution in [2.75, 3.05) is 11.9 Å². The van der Waals surface area contributed by atoms with Gasteiger partial charge in [-0.3, -0.25) is 4.79 Å². The van der Waals surface area contributed by atoms with Gasteiger partial charge in [-0.05, 0) is 42.0 Å². The number of hydrogen-bond acceptors (Lipinski definition) is 3. The molecule has 0 aliphatic heterocycles. The van der Waals surface area contributed by atoms with E-state index in [1.54, 1.807) is 30.3 Å². The van der Waals surface area contributed by atoms with Crippen LogP contribution in [0.4, 0.5) is 10.1 Å². The zero-order valence-electron chi connectivity index (χ0n) is 11.0. The highest BCUT2D eigenvalue weighted by atomic mass is 35.5. The van der Waals surface area contributed by atoms with Crippen molar-refractivity contribution in [3.8, 4) is 0 Å². The SMILES string of the molecule is O=C(CNc1ccc(F)cc1)N/N=C/c1cccc(Cl)c1. The summed E-state index contributed by atoms with van der Waals surface area (Å²) in [4.78, 5) is 11.6. The summed E-state index contributed by atoms with van der Waals surface area (Å²) in [5.41, 5.74) is 3.83. The standard InChI is InChI=1S/C15H13ClFN3O/c16-12-3-1-2-11(8-12)9-19-20-15(21)10-18-14-6-4-13(17)5-7-14/h1-9,18H,10H2,(H,20,21)/b19-9+. The number of carbonyl (C=O) groups is 1. The molecular weight excluding hydrogens is 293 g/mol. The maximum absolute atomic E-state index is 12.7. The molecule has 108 valence electrons. The van der Waals surface area contributed by atoms with Crippen LogP contribution < -0.4 is 10.7 Å². The second-order valence-electron chi connectivity index (χ2n) is 4.21. The Bertz CT molecular complexity index is 644. The number of halogens is 2. The average molecular weight is 306 g/mol. The van der Waals surface area contributed by atoms with Gasteiger partial charge in [0.05, 0.1) is 12.8 Å². The highest BCUT2D eigenvalue weighted by molar-refractivity contribution is 6.30. The third kappa shape index (κ3) is 5.24. The molecule has 0 bridgehead atoms. The van der Waals surface area contributed by atoms with E-state index in [9.17, 15) is 9.18 Å². The van der Waals surface area contributed by atoms with Crippen LogP contribution in [0, 0.1) is 5.82 Å². The van der Waals surface area contributed by atoms with E-state index in [0.717, 1.165) is 5.56 Å². The van der Waals surface area contributed by atoms with Crippen LogP contribution in [0.25, 0.3) is 0 Å². The topological polar surface area (TPSA) is 53.5 Å². The van der Waals surface area contributed by atoms with Crippen LogP contribution >= 0.6 is 11.6 Å². The predicted octanol–water partition coefficient (Wildman–Crippen LogP) is 3.04. The number of hydrogen-bond donors (Lipinski definition) is 2. The lowest BCUT2D eigenvalue weighted by Crippen LogP contribution is -2.25. The molecule has 21 heavy (non-hydrogen) atoms. The number of nitrogens with one attached hydrogen (secondary N) is 2. The van der Waals surface area contributed by atoms with Crippen molar-refractivity contribution in [3.05, 3.63) is 64.9 Å². The van der Waals surface area contributed by atoms with E-state index < -0.39 is 0 Å². The van der Waals surface area contributed by atoms with E-state index in [4.69, 9.17) is 11.6 Å². The molecule has 0 heterocycles. The molecule has 6 heteroatoms. The fraction of sp³-hybridized carbons (Fsp3) is 0.0667. The number of benzene rings is 2. The Hall–Kier alpha value is -2.40. The monoisotopic (exact) mass is 305 g/mol. The zero-order chi connectivity index (χ0) is 15.1. The predicted molar refractivity (Wildman–Crippen MR) is 82.1 cm³/mol. The molecule has 0 fully saturated rings. The molecule has 2 rings (SSSR count). The quantitative estimate of drug-likeness (QED) is 0.659. The Morgan fingerprint density at radius 3 is 2.71 bits per heavy atom. The Labute approximate surface area is 126 Å². The summed E-state index contributed by atoms with van der Waals surface area (Å²) in [5.74, 6) is -0.631. The molecule has 0 aliphatic rings. The summed E-state index contributed by atoms with van der Waals surface area (Å²) in [6.45, 7) is 0.0402. The zero-order valence-corrected chi connectivity index (χ0v) is 11.8. The largest absolute Gasteiger partial charge is 0.376 e. The van der Waals surface area contributed by atoms with Crippen LogP contribution in [-0.2, 0) is 4.79 Å². The molecular formula is C15H13ClFN3O. The lowest BCUT2D eigenvalue weighted by molar-refractivity contribution is -0.119. The van der Waals surface area contributed by atoms with Crippen LogP contribution in [0.15, 0.2) is 53.6 Å². The van der Waals surface area contributed by atoms with E-state index in [0.29, 0.717) is 10.7 Å². The van der Waals surface area contributed by atoms with Gasteiger partial charge in [-0.2, -0.15) is 5.10 Å². The van der Waals surface area contributed by atoms with E-state index in [1.807, 2.05) is 6.07 Å². The third-order valence-electron chi connectivity index (χ3n) is 2.55. The van der Waals surface area contributed by atoms with Crippen molar-refractivity contribution in [1.29, 1.82) is 0 Å². The van der Waals surface area contributed by atoms with Crippen molar-refractivity contribution in [3.63, 3.8) is 0 Å². The number of rotatable bonds is 5. The maximum atomic E-state index is 12.7. The van der Waals surface area contributed by atoms with Gasteiger partial charge in [0.15, 0.2) is 0 Å². The fourth-order valence-corrected chi connectivity index (χ4v) is 1.75. The summed E-state index contributed by atoms with van der Waals surface area (Å²) in [6, 6.07) is 12.8. The Balaban J connectivity index is 1.78. The van der Waals surface area contributed by atoms with Crippen LogP contribution in [0.5, 0.6) is 0 Å². The first-order chi connectivity index (χ1) is 10.1. The van der Waals surface area contributed by atoms with Crippen LogP contribution in [0.3, 0.4) is 0 Å². The lowest BCUT2D eigenvalue weighted by atomic mass is 10.2. The van der Waals surface area contributed by atoms with Crippen molar-refractivity contribution in [2.45, 2.75) is 0 Å². The molecule has 0 spiro atoms. The molecule has 2 aromatic rings. The third-order valence-corrected chi connectivity index (χ3v) is 2.78. The van der Waals surface area contributed by atoms with Crippen molar-refractivity contribution >= 4 is 29.4 Å². The molecule has 0 radical (unpaired) electrons. The van der Waals surface area contributed by atoms with E-state index >= 15 is 0 Å². The first-order valence-electron chi connectivity index (χ1n) is 6.20. The molecule has 2 N–H and O–H groups in total. The average Bonchev–Trinajstić information content (AvgIpc) is 2.47. The van der Waals surface area contributed by atoms with Gasteiger partial charge in [-0.25, -0.2) is 9.82 Å². The maximum Gasteiger partial charge on any atom is 0.259 e. The first-order valence-corrected chi connectivity index (χ1v) is 6.58. The highest BCUT2D eigenvalue weighted by Gasteiger charge is 1.99. The van der Waals surface area contributed by atoms with Gasteiger partial charge in [0.1, 0.15) is 5.82 Å². The minimum Gasteiger partial charge on any atom is -0.376 e. The van der Waals surface area contributed by atoms with Crippen molar-refractivity contribution in [1.82, 2.24) is 5.43 Å². The first kappa shape index (κ1) is 15.0. The van der Waals surface area contributed by atoms with Crippen LogP contribution in [0.2, 0.25) is 5.02 Å². The molecule has 0 atom stereocenters. The van der Waals surface area contributed by atoms with Crippen molar-refractivity contribution < 1.29 is 9.18 Å². The molecule has 2 aromatic carbocycles. The Morgan fingerprint density at radius 1 is 1.24 bits per heavy atom. The molecule has 1 amide bonds. The smallest absolute Gasteiger partial charge is 0.259 e. The summed E-state index contributed by atoms with van der Waals surface area (Å²) < 4.78 is 12.7. The minimum atomic E-state index is -0.323. The van der Waals surface area contributed by atoms with Gasteiger partial charge in [0.25, 0.3) is 5.91 Å². The van der Waals surface area contributed by atoms with Crippen LogP contribution in [0.1, 0.15) is 5.56 Å². The minimum absolute atomic E-state index is 0.0402. The number of amides is 1. The number of carbonyl (C=O) groups excluding carboxylic acids is 1. The van der Waals surface area contributed by atoms with Gasteiger partial charge in [-0.1, -0.05) is 23.7 Å². The molecule has 0 aliphatic carbocycles. The van der Waals surface area contributed by atoms with E-state index in [-0.39, 0.29) is 18.3 Å². The molecule has 4 nitrogen and oxygen atoms in total. The number of nitrogens with zero attached hydrogens (tertiary/aromatic N) is 1. The summed E-state index contributed by atoms with van der Waals surface area (Å²) >= 11 is 5.83. The van der Waals surface area contributed by atoms with E-state index in [2.05, 4.69) is 15.8 Å². The van der Waals surface area contributed by atoms with Gasteiger partial charge >= 0.3 is 0 Å². The molecule has 0 saturated heterocycles. The normalized spacial score (nSPS) is 10.6. The molecule has 0 saturated carbocycles. The Morgan fingerprint density at radius 2 is 2.00 bits per heavy atom. The van der Waals surface area contributed by atoms with E-state index in [1.165, 1.54) is 18.3 Å². The van der Waals surface area contributed by atoms with Gasteiger partial charge < -0.3 is 5.32 Å². The summed E-state index contributed by atoms with van der Waals surface area (Å²) in [7, 11) is 0. The van der Waals surface area contributed by atoms with Gasteiger partial charge in [0, 0.05) is 10.7 Å². The van der Waals surface area contributed by atoms with Crippen molar-refractivity contribution in [2.24, 2.45) is 5.10 Å². The summed E-state index contributed by atoms with van der Waals surface area (Å²) in [5, 5.41) is 7.28. The van der Waals surface area contributed by atoms with Crippen LogP contribution in [-0.4, -0.2) is 18.7 Å². The second-order valence-corrected chi connectivity index (χ2v) is 4.65. The van der Waals surface area contributed by atoms with Gasteiger partial charge in [-0.15, -0.1) is 0 Å². The Kier molecular flexibility index (Phi) is 5.29. The fourth-order valence-electron chi connectivity index (χ4n) is 1.56. The highest BCUT2D eigenvalue weighted by Crippen LogP contribution is 2.09. The number of anilines is 1. The van der Waals surface area contributed by atoms with Gasteiger partial charge in [0.2, 0.25) is 0 Å². The summed E-state index contributed by atoms with van der Waals surface area (Å²) in [6.07, 6.45) is 1.50.